The van der Waals surface area contributed by atoms with Crippen molar-refractivity contribution in [1.29, 1.82) is 0 Å². The molecule has 3 saturated heterocycles. The number of esters is 1. The number of hydrogen-bond donors (Lipinski definition) is 0. The number of methoxy groups -OCH3 is 14. The molecule has 0 amide bonds. The molecule has 0 aliphatic carbocycles. The minimum absolute atomic E-state index is 0.0108. The van der Waals surface area contributed by atoms with Crippen molar-refractivity contribution in [3.63, 3.8) is 0 Å². The summed E-state index contributed by atoms with van der Waals surface area (Å²) in [5.41, 5.74) is 0. The first kappa shape index (κ1) is 52.1. The Bertz CT molecular complexity index is 1160. The summed E-state index contributed by atoms with van der Waals surface area (Å²) in [6.07, 6.45) is -16.9. The highest BCUT2D eigenvalue weighted by molar-refractivity contribution is 5.75. The number of ether oxygens (including phenoxy) is 20. The predicted octanol–water partition coefficient (Wildman–Crippen LogP) is -0.401. The molecule has 59 heavy (non-hydrogen) atoms. The van der Waals surface area contributed by atoms with Gasteiger partial charge in [0.05, 0.1) is 33.0 Å². The van der Waals surface area contributed by atoms with E-state index in [2.05, 4.69) is 0 Å². The zero-order valence-electron chi connectivity index (χ0n) is 37.2. The first-order chi connectivity index (χ1) is 28.5. The first-order valence-corrected chi connectivity index (χ1v) is 19.3. The molecule has 19 unspecified atom stereocenters. The van der Waals surface area contributed by atoms with Crippen molar-refractivity contribution in [3.8, 4) is 0 Å². The lowest BCUT2D eigenvalue weighted by Crippen LogP contribution is -2.68. The molecule has 3 heterocycles. The topological polar surface area (TPSA) is 202 Å². The quantitative estimate of drug-likeness (QED) is 0.102. The van der Waals surface area contributed by atoms with E-state index in [1.54, 1.807) is 28.4 Å². The fraction of sp³-hybridized carbons (Fsp3) is 0.974. The summed E-state index contributed by atoms with van der Waals surface area (Å²) in [5, 5.41) is 0. The molecule has 19 atom stereocenters. The van der Waals surface area contributed by atoms with Crippen LogP contribution in [0.2, 0.25) is 0 Å². The van der Waals surface area contributed by atoms with Crippen LogP contribution in [0, 0.1) is 0 Å². The largest absolute Gasteiger partial charge is 0.467 e. The average Bonchev–Trinajstić information content (AvgIpc) is 3.25. The van der Waals surface area contributed by atoms with E-state index in [1.165, 1.54) is 71.1 Å². The molecule has 21 nitrogen and oxygen atoms in total. The van der Waals surface area contributed by atoms with Gasteiger partial charge in [0.15, 0.2) is 25.0 Å². The monoisotopic (exact) mass is 862 g/mol. The van der Waals surface area contributed by atoms with Gasteiger partial charge in [0.25, 0.3) is 0 Å². The summed E-state index contributed by atoms with van der Waals surface area (Å²) in [6, 6.07) is 0. The molecular weight excluding hydrogens is 792 g/mol. The van der Waals surface area contributed by atoms with Crippen LogP contribution in [0.25, 0.3) is 0 Å². The van der Waals surface area contributed by atoms with E-state index >= 15 is 0 Å². The van der Waals surface area contributed by atoms with Crippen LogP contribution < -0.4 is 0 Å². The second-order valence-electron chi connectivity index (χ2n) is 14.0. The lowest BCUT2D eigenvalue weighted by molar-refractivity contribution is -0.385. The summed E-state index contributed by atoms with van der Waals surface area (Å²) >= 11 is 0. The SMILES string of the molecule is COCC(OC)C(OC)C(OC1OC(COC)C(OC2OC(C(=O)OC)C(OC3OC(COC)C(OC)C(OC)C3OC)C(OC)C2OC)C(OC)C1OC)C(C)OC. The lowest BCUT2D eigenvalue weighted by Gasteiger charge is -2.51. The second-order valence-corrected chi connectivity index (χ2v) is 14.0. The molecule has 3 rings (SSSR count). The summed E-state index contributed by atoms with van der Waals surface area (Å²) in [6.45, 7) is 2.20. The van der Waals surface area contributed by atoms with Crippen molar-refractivity contribution >= 4 is 5.97 Å². The molecule has 0 spiro atoms. The summed E-state index contributed by atoms with van der Waals surface area (Å²) in [7, 11) is 20.9. The summed E-state index contributed by atoms with van der Waals surface area (Å²) in [4.78, 5) is 13.6. The average molecular weight is 863 g/mol. The molecule has 0 saturated carbocycles. The van der Waals surface area contributed by atoms with E-state index in [0.29, 0.717) is 0 Å². The zero-order valence-corrected chi connectivity index (χ0v) is 37.2. The van der Waals surface area contributed by atoms with Crippen LogP contribution in [-0.2, 0) is 99.5 Å². The van der Waals surface area contributed by atoms with Crippen LogP contribution in [0.1, 0.15) is 6.92 Å². The van der Waals surface area contributed by atoms with E-state index in [1.807, 2.05) is 6.92 Å². The van der Waals surface area contributed by atoms with Gasteiger partial charge in [0.2, 0.25) is 0 Å². The van der Waals surface area contributed by atoms with Gasteiger partial charge >= 0.3 is 5.97 Å². The second kappa shape index (κ2) is 26.4. The highest BCUT2D eigenvalue weighted by atomic mass is 16.8. The molecule has 21 heteroatoms. The van der Waals surface area contributed by atoms with Crippen molar-refractivity contribution in [2.24, 2.45) is 0 Å². The van der Waals surface area contributed by atoms with Crippen LogP contribution in [0.3, 0.4) is 0 Å². The zero-order chi connectivity index (χ0) is 43.8. The van der Waals surface area contributed by atoms with Crippen LogP contribution in [-0.4, -0.2) is 242 Å². The molecule has 0 N–H and O–H groups in total. The third-order valence-electron chi connectivity index (χ3n) is 11.0. The number of hydrogen-bond acceptors (Lipinski definition) is 21. The van der Waals surface area contributed by atoms with E-state index < -0.39 is 123 Å². The maximum atomic E-state index is 13.6. The van der Waals surface area contributed by atoms with Crippen LogP contribution in [0.4, 0.5) is 0 Å². The highest BCUT2D eigenvalue weighted by Gasteiger charge is 2.58. The van der Waals surface area contributed by atoms with Crippen molar-refractivity contribution in [2.45, 2.75) is 123 Å². The van der Waals surface area contributed by atoms with Gasteiger partial charge in [-0.25, -0.2) is 4.79 Å². The molecular formula is C38H70O21. The van der Waals surface area contributed by atoms with Gasteiger partial charge in [-0.2, -0.15) is 0 Å². The molecule has 0 aromatic carbocycles. The van der Waals surface area contributed by atoms with Gasteiger partial charge < -0.3 is 94.7 Å². The summed E-state index contributed by atoms with van der Waals surface area (Å²) < 4.78 is 120. The number of carbonyl (C=O) groups is 1. The van der Waals surface area contributed by atoms with Gasteiger partial charge in [-0.1, -0.05) is 0 Å². The lowest BCUT2D eigenvalue weighted by atomic mass is 9.95. The fourth-order valence-electron chi connectivity index (χ4n) is 7.96. The molecule has 0 bridgehead atoms. The Morgan fingerprint density at radius 3 is 1.39 bits per heavy atom. The summed E-state index contributed by atoms with van der Waals surface area (Å²) in [5.74, 6) is -0.787. The van der Waals surface area contributed by atoms with Crippen molar-refractivity contribution < 1.29 is 99.5 Å². The van der Waals surface area contributed by atoms with Crippen molar-refractivity contribution in [1.82, 2.24) is 0 Å². The Balaban J connectivity index is 2.00. The van der Waals surface area contributed by atoms with Gasteiger partial charge in [0, 0.05) is 92.4 Å². The molecule has 348 valence electrons. The van der Waals surface area contributed by atoms with E-state index in [4.69, 9.17) is 94.7 Å². The van der Waals surface area contributed by atoms with Crippen molar-refractivity contribution in [3.05, 3.63) is 0 Å². The first-order valence-electron chi connectivity index (χ1n) is 19.3. The maximum absolute atomic E-state index is 13.6. The highest BCUT2D eigenvalue weighted by Crippen LogP contribution is 2.37. The van der Waals surface area contributed by atoms with Gasteiger partial charge in [-0.3, -0.25) is 0 Å². The van der Waals surface area contributed by atoms with Crippen LogP contribution in [0.5, 0.6) is 0 Å². The predicted molar refractivity (Wildman–Crippen MR) is 202 cm³/mol. The van der Waals surface area contributed by atoms with Gasteiger partial charge in [-0.15, -0.1) is 0 Å². The molecule has 0 aromatic heterocycles. The standard InChI is InChI=1S/C38H70O21/c1-19(43-5)23(24(45-7)20(44-6)16-40-2)56-36-33(51-13)28(48-10)26(22(55-36)18-42-4)57-38-34(52-14)29(49-11)30(31(59-38)35(39)53-15)58-37-32(50-12)27(47-9)25(46-8)21(54-37)17-41-3/h19-34,36-38H,16-18H2,1-15H3. The van der Waals surface area contributed by atoms with E-state index in [-0.39, 0.29) is 19.8 Å². The maximum Gasteiger partial charge on any atom is 0.337 e. The molecule has 3 aliphatic rings. The Morgan fingerprint density at radius 1 is 0.475 bits per heavy atom. The smallest absolute Gasteiger partial charge is 0.337 e. The Kier molecular flexibility index (Phi) is 23.3. The Morgan fingerprint density at radius 2 is 0.932 bits per heavy atom. The van der Waals surface area contributed by atoms with Crippen LogP contribution in [0.15, 0.2) is 0 Å². The van der Waals surface area contributed by atoms with E-state index in [0.717, 1.165) is 0 Å². The number of carbonyl (C=O) groups excluding carboxylic acids is 1. The van der Waals surface area contributed by atoms with Crippen molar-refractivity contribution in [2.75, 3.05) is 119 Å². The van der Waals surface area contributed by atoms with Crippen LogP contribution >= 0.6 is 0 Å². The van der Waals surface area contributed by atoms with E-state index in [9.17, 15) is 4.79 Å². The normalized spacial score (nSPS) is 37.4. The third kappa shape index (κ3) is 12.3. The molecule has 0 radical (unpaired) electrons. The molecule has 3 aliphatic heterocycles. The Labute approximate surface area is 348 Å². The molecule has 3 fully saturated rings. The minimum atomic E-state index is -1.44. The number of rotatable bonds is 26. The molecule has 0 aromatic rings. The third-order valence-corrected chi connectivity index (χ3v) is 11.0. The minimum Gasteiger partial charge on any atom is -0.467 e. The Hall–Kier alpha value is -1.29. The van der Waals surface area contributed by atoms with Gasteiger partial charge in [0.1, 0.15) is 85.5 Å². The van der Waals surface area contributed by atoms with Gasteiger partial charge in [-0.05, 0) is 6.92 Å². The fourth-order valence-corrected chi connectivity index (χ4v) is 7.96.